The van der Waals surface area contributed by atoms with Crippen LogP contribution >= 0.6 is 0 Å². The van der Waals surface area contributed by atoms with E-state index in [1.807, 2.05) is 0 Å². The Labute approximate surface area is 118 Å². The number of likely N-dealkylation sites (N-methyl/N-ethyl adjacent to an activating group) is 1. The van der Waals surface area contributed by atoms with Crippen molar-refractivity contribution in [2.45, 2.75) is 40.0 Å². The third-order valence-corrected chi connectivity index (χ3v) is 3.12. The van der Waals surface area contributed by atoms with Crippen LogP contribution in [0.15, 0.2) is 24.3 Å². The summed E-state index contributed by atoms with van der Waals surface area (Å²) in [5.74, 6) is 0.974. The molecule has 0 aromatic heterocycles. The SMILES string of the molecule is CN(C)CCOc1ccc(CCCC(C)(C)C)cc1. The van der Waals surface area contributed by atoms with Crippen molar-refractivity contribution >= 4 is 0 Å². The summed E-state index contributed by atoms with van der Waals surface area (Å²) in [6.07, 6.45) is 3.69. The number of hydrogen-bond donors (Lipinski definition) is 0. The summed E-state index contributed by atoms with van der Waals surface area (Å²) >= 11 is 0. The van der Waals surface area contributed by atoms with Gasteiger partial charge >= 0.3 is 0 Å². The molecule has 2 nitrogen and oxygen atoms in total. The molecule has 0 spiro atoms. The largest absolute Gasteiger partial charge is 0.492 e. The standard InChI is InChI=1S/C17H29NO/c1-17(2,3)12-6-7-15-8-10-16(11-9-15)19-14-13-18(4)5/h8-11H,6-7,12-14H2,1-5H3. The first-order valence-electron chi connectivity index (χ1n) is 7.23. The first-order valence-corrected chi connectivity index (χ1v) is 7.23. The third-order valence-electron chi connectivity index (χ3n) is 3.12. The van der Waals surface area contributed by atoms with Crippen LogP contribution in [0.1, 0.15) is 39.2 Å². The molecule has 0 aliphatic carbocycles. The van der Waals surface area contributed by atoms with E-state index in [0.717, 1.165) is 25.3 Å². The molecule has 0 fully saturated rings. The van der Waals surface area contributed by atoms with Crippen molar-refractivity contribution in [2.75, 3.05) is 27.2 Å². The predicted molar refractivity (Wildman–Crippen MR) is 82.9 cm³/mol. The van der Waals surface area contributed by atoms with Gasteiger partial charge in [-0.15, -0.1) is 0 Å². The molecule has 2 heteroatoms. The molecule has 19 heavy (non-hydrogen) atoms. The van der Waals surface area contributed by atoms with Crippen molar-refractivity contribution < 1.29 is 4.74 Å². The number of nitrogens with zero attached hydrogens (tertiary/aromatic N) is 1. The molecule has 0 saturated carbocycles. The van der Waals surface area contributed by atoms with Crippen molar-refractivity contribution in [1.82, 2.24) is 4.90 Å². The highest BCUT2D eigenvalue weighted by atomic mass is 16.5. The molecule has 0 bridgehead atoms. The van der Waals surface area contributed by atoms with Crippen LogP contribution in [-0.4, -0.2) is 32.1 Å². The molecule has 1 aromatic carbocycles. The average molecular weight is 263 g/mol. The van der Waals surface area contributed by atoms with E-state index in [2.05, 4.69) is 64.0 Å². The molecule has 0 N–H and O–H groups in total. The Kier molecular flexibility index (Phi) is 6.36. The molecule has 0 radical (unpaired) electrons. The fraction of sp³-hybridized carbons (Fsp3) is 0.647. The van der Waals surface area contributed by atoms with Crippen LogP contribution in [0.4, 0.5) is 0 Å². The van der Waals surface area contributed by atoms with Crippen LogP contribution in [0.2, 0.25) is 0 Å². The fourth-order valence-corrected chi connectivity index (χ4v) is 1.92. The quantitative estimate of drug-likeness (QED) is 0.737. The molecule has 0 heterocycles. The van der Waals surface area contributed by atoms with Gasteiger partial charge in [0, 0.05) is 6.54 Å². The normalized spacial score (nSPS) is 11.9. The average Bonchev–Trinajstić information content (AvgIpc) is 2.29. The van der Waals surface area contributed by atoms with E-state index in [1.54, 1.807) is 0 Å². The zero-order valence-corrected chi connectivity index (χ0v) is 13.2. The lowest BCUT2D eigenvalue weighted by Crippen LogP contribution is -2.19. The monoisotopic (exact) mass is 263 g/mol. The van der Waals surface area contributed by atoms with Gasteiger partial charge in [-0.05, 0) is 56.5 Å². The summed E-state index contributed by atoms with van der Waals surface area (Å²) in [5, 5.41) is 0. The Hall–Kier alpha value is -1.02. The number of ether oxygens (including phenoxy) is 1. The second-order valence-corrected chi connectivity index (χ2v) is 6.71. The van der Waals surface area contributed by atoms with E-state index in [9.17, 15) is 0 Å². The molecule has 1 aromatic rings. The highest BCUT2D eigenvalue weighted by Crippen LogP contribution is 2.22. The lowest BCUT2D eigenvalue weighted by molar-refractivity contribution is 0.261. The van der Waals surface area contributed by atoms with E-state index < -0.39 is 0 Å². The smallest absolute Gasteiger partial charge is 0.119 e. The van der Waals surface area contributed by atoms with Crippen molar-refractivity contribution in [3.05, 3.63) is 29.8 Å². The van der Waals surface area contributed by atoms with Gasteiger partial charge in [0.05, 0.1) is 0 Å². The summed E-state index contributed by atoms with van der Waals surface area (Å²) in [6.45, 7) is 8.60. The van der Waals surface area contributed by atoms with Crippen LogP contribution in [0.5, 0.6) is 5.75 Å². The first kappa shape index (κ1) is 16.0. The minimum Gasteiger partial charge on any atom is -0.492 e. The molecule has 0 aliphatic rings. The van der Waals surface area contributed by atoms with Gasteiger partial charge in [-0.2, -0.15) is 0 Å². The first-order chi connectivity index (χ1) is 8.87. The van der Waals surface area contributed by atoms with Gasteiger partial charge in [-0.25, -0.2) is 0 Å². The Balaban J connectivity index is 2.31. The summed E-state index contributed by atoms with van der Waals surface area (Å²) < 4.78 is 5.69. The van der Waals surface area contributed by atoms with Gasteiger partial charge in [-0.1, -0.05) is 32.9 Å². The molecular formula is C17H29NO. The molecule has 0 saturated heterocycles. The summed E-state index contributed by atoms with van der Waals surface area (Å²) in [5.41, 5.74) is 1.85. The van der Waals surface area contributed by atoms with Gasteiger partial charge in [-0.3, -0.25) is 0 Å². The number of rotatable bonds is 7. The summed E-state index contributed by atoms with van der Waals surface area (Å²) in [4.78, 5) is 2.13. The van der Waals surface area contributed by atoms with Crippen LogP contribution in [0.3, 0.4) is 0 Å². The summed E-state index contributed by atoms with van der Waals surface area (Å²) in [7, 11) is 4.11. The van der Waals surface area contributed by atoms with Gasteiger partial charge in [0.1, 0.15) is 12.4 Å². The zero-order chi connectivity index (χ0) is 14.3. The third kappa shape index (κ3) is 7.89. The van der Waals surface area contributed by atoms with Gasteiger partial charge in [0.2, 0.25) is 0 Å². The van der Waals surface area contributed by atoms with Crippen molar-refractivity contribution in [1.29, 1.82) is 0 Å². The molecule has 0 atom stereocenters. The van der Waals surface area contributed by atoms with Crippen LogP contribution in [0.25, 0.3) is 0 Å². The second kappa shape index (κ2) is 7.54. The number of benzene rings is 1. The zero-order valence-electron chi connectivity index (χ0n) is 13.2. The maximum atomic E-state index is 5.69. The van der Waals surface area contributed by atoms with Crippen molar-refractivity contribution in [2.24, 2.45) is 5.41 Å². The highest BCUT2D eigenvalue weighted by molar-refractivity contribution is 5.27. The van der Waals surface area contributed by atoms with Gasteiger partial charge in [0.25, 0.3) is 0 Å². The Morgan fingerprint density at radius 3 is 2.21 bits per heavy atom. The summed E-state index contributed by atoms with van der Waals surface area (Å²) in [6, 6.07) is 8.55. The Bertz CT molecular complexity index is 349. The molecule has 108 valence electrons. The van der Waals surface area contributed by atoms with E-state index >= 15 is 0 Å². The lowest BCUT2D eigenvalue weighted by atomic mass is 9.89. The maximum absolute atomic E-state index is 5.69. The van der Waals surface area contributed by atoms with E-state index in [0.29, 0.717) is 5.41 Å². The number of aryl methyl sites for hydroxylation is 1. The van der Waals surface area contributed by atoms with Crippen LogP contribution in [0, 0.1) is 5.41 Å². The highest BCUT2D eigenvalue weighted by Gasteiger charge is 2.09. The fourth-order valence-electron chi connectivity index (χ4n) is 1.92. The minimum atomic E-state index is 0.440. The maximum Gasteiger partial charge on any atom is 0.119 e. The Morgan fingerprint density at radius 1 is 1.05 bits per heavy atom. The second-order valence-electron chi connectivity index (χ2n) is 6.71. The molecular weight excluding hydrogens is 234 g/mol. The lowest BCUT2D eigenvalue weighted by Gasteiger charge is -2.17. The predicted octanol–water partition coefficient (Wildman–Crippen LogP) is 4.00. The van der Waals surface area contributed by atoms with E-state index in [-0.39, 0.29) is 0 Å². The van der Waals surface area contributed by atoms with E-state index in [1.165, 1.54) is 18.4 Å². The van der Waals surface area contributed by atoms with Crippen LogP contribution in [-0.2, 0) is 6.42 Å². The van der Waals surface area contributed by atoms with Crippen LogP contribution < -0.4 is 4.74 Å². The van der Waals surface area contributed by atoms with Gasteiger partial charge in [0.15, 0.2) is 0 Å². The molecule has 0 unspecified atom stereocenters. The minimum absolute atomic E-state index is 0.440. The molecule has 1 rings (SSSR count). The van der Waals surface area contributed by atoms with Crippen molar-refractivity contribution in [3.8, 4) is 5.75 Å². The van der Waals surface area contributed by atoms with E-state index in [4.69, 9.17) is 4.74 Å². The topological polar surface area (TPSA) is 12.5 Å². The van der Waals surface area contributed by atoms with Crippen molar-refractivity contribution in [3.63, 3.8) is 0 Å². The molecule has 0 aliphatic heterocycles. The molecule has 0 amide bonds. The Morgan fingerprint density at radius 2 is 1.68 bits per heavy atom. The van der Waals surface area contributed by atoms with Gasteiger partial charge < -0.3 is 9.64 Å². The number of hydrogen-bond acceptors (Lipinski definition) is 2.